The Hall–Kier alpha value is -0.620. The van der Waals surface area contributed by atoms with Gasteiger partial charge in [0.25, 0.3) is 0 Å². The molecule has 2 heterocycles. The van der Waals surface area contributed by atoms with Crippen molar-refractivity contribution < 1.29 is 13.2 Å². The van der Waals surface area contributed by atoms with Crippen molar-refractivity contribution in [3.8, 4) is 0 Å². The zero-order valence-corrected chi connectivity index (χ0v) is 12.6. The summed E-state index contributed by atoms with van der Waals surface area (Å²) < 4.78 is 23.0. The van der Waals surface area contributed by atoms with Crippen molar-refractivity contribution in [3.63, 3.8) is 0 Å². The van der Waals surface area contributed by atoms with Crippen molar-refractivity contribution in [2.24, 2.45) is 0 Å². The van der Waals surface area contributed by atoms with Gasteiger partial charge in [0, 0.05) is 6.04 Å². The Morgan fingerprint density at radius 2 is 2.16 bits per heavy atom. The second-order valence-electron chi connectivity index (χ2n) is 6.27. The Morgan fingerprint density at radius 1 is 1.42 bits per heavy atom. The summed E-state index contributed by atoms with van der Waals surface area (Å²) in [5.74, 6) is 0.207. The van der Waals surface area contributed by atoms with Crippen LogP contribution in [0.15, 0.2) is 0 Å². The molecule has 19 heavy (non-hydrogen) atoms. The predicted octanol–water partition coefficient (Wildman–Crippen LogP) is 0.554. The van der Waals surface area contributed by atoms with Crippen molar-refractivity contribution in [2.75, 3.05) is 24.6 Å². The third-order valence-corrected chi connectivity index (χ3v) is 6.13. The van der Waals surface area contributed by atoms with Crippen LogP contribution in [-0.4, -0.2) is 55.4 Å². The molecule has 0 unspecified atom stereocenters. The largest absolute Gasteiger partial charge is 0.349 e. The highest BCUT2D eigenvalue weighted by Gasteiger charge is 2.39. The van der Waals surface area contributed by atoms with E-state index in [1.165, 1.54) is 6.42 Å². The molecule has 5 nitrogen and oxygen atoms in total. The minimum absolute atomic E-state index is 0.0478. The van der Waals surface area contributed by atoms with Gasteiger partial charge in [-0.2, -0.15) is 0 Å². The third kappa shape index (κ3) is 3.92. The van der Waals surface area contributed by atoms with E-state index in [4.69, 9.17) is 0 Å². The van der Waals surface area contributed by atoms with E-state index in [9.17, 15) is 13.2 Å². The van der Waals surface area contributed by atoms with Gasteiger partial charge in [0.2, 0.25) is 5.91 Å². The molecule has 0 aromatic heterocycles. The first-order valence-electron chi connectivity index (χ1n) is 7.05. The van der Waals surface area contributed by atoms with Crippen LogP contribution in [0, 0.1) is 0 Å². The normalized spacial score (nSPS) is 35.2. The first-order chi connectivity index (χ1) is 8.80. The molecule has 0 spiro atoms. The molecule has 6 heteroatoms. The van der Waals surface area contributed by atoms with Gasteiger partial charge in [-0.1, -0.05) is 6.42 Å². The molecular weight excluding hydrogens is 264 g/mol. The Bertz CT molecular complexity index is 449. The van der Waals surface area contributed by atoms with Gasteiger partial charge in [0.1, 0.15) is 0 Å². The van der Waals surface area contributed by atoms with Crippen LogP contribution in [0.4, 0.5) is 0 Å². The van der Waals surface area contributed by atoms with E-state index in [1.807, 2.05) is 6.92 Å². The van der Waals surface area contributed by atoms with Gasteiger partial charge in [-0.15, -0.1) is 0 Å². The van der Waals surface area contributed by atoms with Gasteiger partial charge in [-0.3, -0.25) is 9.69 Å². The Labute approximate surface area is 115 Å². The van der Waals surface area contributed by atoms with Crippen LogP contribution < -0.4 is 5.32 Å². The van der Waals surface area contributed by atoms with Crippen molar-refractivity contribution in [1.82, 2.24) is 10.2 Å². The summed E-state index contributed by atoms with van der Waals surface area (Å²) in [6.07, 6.45) is 4.04. The quantitative estimate of drug-likeness (QED) is 0.824. The van der Waals surface area contributed by atoms with E-state index >= 15 is 0 Å². The van der Waals surface area contributed by atoms with E-state index in [1.54, 1.807) is 0 Å². The maximum Gasteiger partial charge on any atom is 0.234 e. The lowest BCUT2D eigenvalue weighted by molar-refractivity contribution is -0.124. The van der Waals surface area contributed by atoms with Crippen LogP contribution in [0.1, 0.15) is 39.5 Å². The molecule has 1 amide bonds. The molecular formula is C13H24N2O3S. The summed E-state index contributed by atoms with van der Waals surface area (Å²) in [7, 11) is -2.97. The van der Waals surface area contributed by atoms with E-state index in [0.29, 0.717) is 19.0 Å². The molecule has 2 saturated heterocycles. The lowest BCUT2D eigenvalue weighted by Gasteiger charge is -2.34. The summed E-state index contributed by atoms with van der Waals surface area (Å²) in [5.41, 5.74) is -0.574. The highest BCUT2D eigenvalue weighted by molar-refractivity contribution is 7.91. The maximum absolute atomic E-state index is 12.1. The van der Waals surface area contributed by atoms with Gasteiger partial charge in [0.05, 0.1) is 23.6 Å². The van der Waals surface area contributed by atoms with Crippen molar-refractivity contribution in [3.05, 3.63) is 0 Å². The lowest BCUT2D eigenvalue weighted by Crippen LogP contribution is -2.52. The molecule has 0 aliphatic carbocycles. The fourth-order valence-electron chi connectivity index (χ4n) is 3.06. The van der Waals surface area contributed by atoms with Crippen molar-refractivity contribution in [1.29, 1.82) is 0 Å². The average Bonchev–Trinajstić information content (AvgIpc) is 2.56. The second kappa shape index (κ2) is 5.40. The summed E-state index contributed by atoms with van der Waals surface area (Å²) >= 11 is 0. The average molecular weight is 288 g/mol. The standard InChI is InChI=1S/C13H24N2O3S/c1-11-5-3-4-7-15(11)9-12(16)14-13(2)6-8-19(17,18)10-13/h11H,3-10H2,1-2H3,(H,14,16)/t11-,13-/m0/s1. The summed E-state index contributed by atoms with van der Waals surface area (Å²) in [4.78, 5) is 14.3. The first kappa shape index (κ1) is 14.8. The summed E-state index contributed by atoms with van der Waals surface area (Å²) in [6, 6.07) is 0.444. The van der Waals surface area contributed by atoms with Crippen molar-refractivity contribution >= 4 is 15.7 Å². The fraction of sp³-hybridized carbons (Fsp3) is 0.923. The third-order valence-electron chi connectivity index (χ3n) is 4.23. The van der Waals surface area contributed by atoms with E-state index in [0.717, 1.165) is 19.4 Å². The first-order valence-corrected chi connectivity index (χ1v) is 8.87. The van der Waals surface area contributed by atoms with Crippen LogP contribution in [0.25, 0.3) is 0 Å². The van der Waals surface area contributed by atoms with Crippen LogP contribution >= 0.6 is 0 Å². The highest BCUT2D eigenvalue weighted by atomic mass is 32.2. The number of carbonyl (C=O) groups is 1. The molecule has 2 aliphatic rings. The number of likely N-dealkylation sites (tertiary alicyclic amines) is 1. The smallest absolute Gasteiger partial charge is 0.234 e. The number of nitrogens with one attached hydrogen (secondary N) is 1. The molecule has 2 fully saturated rings. The number of sulfone groups is 1. The van der Waals surface area contributed by atoms with Crippen molar-refractivity contribution in [2.45, 2.75) is 51.1 Å². The van der Waals surface area contributed by atoms with Crippen LogP contribution in [-0.2, 0) is 14.6 Å². The minimum Gasteiger partial charge on any atom is -0.349 e. The lowest BCUT2D eigenvalue weighted by atomic mass is 10.0. The Morgan fingerprint density at radius 3 is 2.74 bits per heavy atom. The molecule has 0 aromatic carbocycles. The zero-order valence-electron chi connectivity index (χ0n) is 11.8. The minimum atomic E-state index is -2.97. The van der Waals surface area contributed by atoms with E-state index < -0.39 is 15.4 Å². The molecule has 110 valence electrons. The zero-order chi connectivity index (χ0) is 14.1. The number of hydrogen-bond donors (Lipinski definition) is 1. The fourth-order valence-corrected chi connectivity index (χ4v) is 5.16. The second-order valence-corrected chi connectivity index (χ2v) is 8.45. The molecule has 0 aromatic rings. The number of piperidine rings is 1. The summed E-state index contributed by atoms with van der Waals surface area (Å²) in [6.45, 7) is 5.32. The van der Waals surface area contributed by atoms with Crippen LogP contribution in [0.5, 0.6) is 0 Å². The van der Waals surface area contributed by atoms with Gasteiger partial charge in [-0.25, -0.2) is 8.42 Å². The van der Waals surface area contributed by atoms with Gasteiger partial charge < -0.3 is 5.32 Å². The molecule has 2 rings (SSSR count). The predicted molar refractivity (Wildman–Crippen MR) is 74.7 cm³/mol. The molecule has 2 atom stereocenters. The number of carbonyl (C=O) groups excluding carboxylic acids is 1. The van der Waals surface area contributed by atoms with Gasteiger partial charge in [0.15, 0.2) is 9.84 Å². The number of hydrogen-bond acceptors (Lipinski definition) is 4. The Kier molecular flexibility index (Phi) is 4.20. The summed E-state index contributed by atoms with van der Waals surface area (Å²) in [5, 5.41) is 2.92. The van der Waals surface area contributed by atoms with E-state index in [-0.39, 0.29) is 17.4 Å². The number of rotatable bonds is 3. The molecule has 2 aliphatic heterocycles. The van der Waals surface area contributed by atoms with E-state index in [2.05, 4.69) is 17.1 Å². The topological polar surface area (TPSA) is 66.5 Å². The Balaban J connectivity index is 1.87. The molecule has 1 N–H and O–H groups in total. The van der Waals surface area contributed by atoms with Crippen LogP contribution in [0.3, 0.4) is 0 Å². The molecule has 0 radical (unpaired) electrons. The number of amides is 1. The van der Waals surface area contributed by atoms with Gasteiger partial charge in [-0.05, 0) is 39.7 Å². The molecule has 0 bridgehead atoms. The maximum atomic E-state index is 12.1. The molecule has 0 saturated carbocycles. The highest BCUT2D eigenvalue weighted by Crippen LogP contribution is 2.23. The van der Waals surface area contributed by atoms with Gasteiger partial charge >= 0.3 is 0 Å². The SMILES string of the molecule is C[C@H]1CCCCN1CC(=O)N[C@@]1(C)CCS(=O)(=O)C1. The van der Waals surface area contributed by atoms with Crippen LogP contribution in [0.2, 0.25) is 0 Å². The number of nitrogens with zero attached hydrogens (tertiary/aromatic N) is 1. The monoisotopic (exact) mass is 288 g/mol.